The number of methoxy groups -OCH3 is 2. The number of rotatable bonds is 6. The fourth-order valence-corrected chi connectivity index (χ4v) is 4.42. The molecule has 0 bridgehead atoms. The molecule has 0 atom stereocenters. The van der Waals surface area contributed by atoms with Gasteiger partial charge in [-0.2, -0.15) is 0 Å². The third-order valence-electron chi connectivity index (χ3n) is 6.24. The highest BCUT2D eigenvalue weighted by molar-refractivity contribution is 6.11. The maximum Gasteiger partial charge on any atom is 0.257 e. The van der Waals surface area contributed by atoms with Crippen molar-refractivity contribution in [2.45, 2.75) is 6.54 Å². The number of ether oxygens (including phenoxy) is 4. The van der Waals surface area contributed by atoms with Gasteiger partial charge in [-0.1, -0.05) is 18.2 Å². The molecule has 5 aromatic rings. The Labute approximate surface area is 211 Å². The highest BCUT2D eigenvalue weighted by Gasteiger charge is 2.26. The molecule has 3 aromatic carbocycles. The molecule has 10 nitrogen and oxygen atoms in total. The van der Waals surface area contributed by atoms with Gasteiger partial charge in [0.25, 0.3) is 5.91 Å². The first-order valence-electron chi connectivity index (χ1n) is 11.5. The molecule has 10 heteroatoms. The monoisotopic (exact) mass is 497 g/mol. The van der Waals surface area contributed by atoms with Crippen molar-refractivity contribution in [3.05, 3.63) is 71.8 Å². The van der Waals surface area contributed by atoms with E-state index in [1.807, 2.05) is 42.5 Å². The van der Waals surface area contributed by atoms with Crippen molar-refractivity contribution in [3.63, 3.8) is 0 Å². The van der Waals surface area contributed by atoms with Gasteiger partial charge < -0.3 is 30.0 Å². The number of anilines is 1. The maximum atomic E-state index is 13.5. The molecule has 1 amide bonds. The molecule has 37 heavy (non-hydrogen) atoms. The number of benzene rings is 3. The molecular formula is C27H23N5O5. The van der Waals surface area contributed by atoms with Crippen LogP contribution in [-0.2, 0) is 6.54 Å². The van der Waals surface area contributed by atoms with Gasteiger partial charge in [0.05, 0.1) is 30.9 Å². The first kappa shape index (κ1) is 22.5. The number of hydrogen-bond donors (Lipinski definition) is 2. The Balaban J connectivity index is 1.47. The Hall–Kier alpha value is -4.99. The number of carbonyl (C=O) groups excluding carboxylic acids is 1. The molecule has 2 aromatic heterocycles. The topological polar surface area (TPSA) is 123 Å². The number of fused-ring (bicyclic) bond motifs is 3. The summed E-state index contributed by atoms with van der Waals surface area (Å²) in [6.45, 7) is 0.442. The molecule has 0 radical (unpaired) electrons. The highest BCUT2D eigenvalue weighted by Crippen LogP contribution is 2.36. The van der Waals surface area contributed by atoms with Crippen molar-refractivity contribution in [1.29, 1.82) is 0 Å². The fraction of sp³-hybridized carbons (Fsp3) is 0.148. The largest absolute Gasteiger partial charge is 0.497 e. The van der Waals surface area contributed by atoms with Gasteiger partial charge in [-0.3, -0.25) is 9.36 Å². The van der Waals surface area contributed by atoms with Crippen LogP contribution < -0.4 is 30.0 Å². The summed E-state index contributed by atoms with van der Waals surface area (Å²) in [5, 5.41) is 2.95. The van der Waals surface area contributed by atoms with Crippen LogP contribution in [0.25, 0.3) is 27.9 Å². The number of hydrogen-bond acceptors (Lipinski definition) is 8. The SMILES string of the molecule is COc1ccc(-n2c(N)c(C(=O)NCc3ccc4c(c3)OCO4)c3nc4ccccc4nc32)c(OC)c1. The normalized spacial score (nSPS) is 12.2. The fourth-order valence-electron chi connectivity index (χ4n) is 4.42. The molecule has 1 aliphatic heterocycles. The van der Waals surface area contributed by atoms with Crippen LogP contribution in [0.1, 0.15) is 15.9 Å². The lowest BCUT2D eigenvalue weighted by Gasteiger charge is -2.14. The lowest BCUT2D eigenvalue weighted by molar-refractivity contribution is 0.0953. The van der Waals surface area contributed by atoms with Crippen molar-refractivity contribution in [3.8, 4) is 28.7 Å². The molecule has 0 fully saturated rings. The molecule has 6 rings (SSSR count). The molecule has 1 aliphatic rings. The average molecular weight is 498 g/mol. The molecule has 3 heterocycles. The Morgan fingerprint density at radius 1 is 1.00 bits per heavy atom. The number of para-hydroxylation sites is 2. The van der Waals surface area contributed by atoms with Crippen molar-refractivity contribution in [1.82, 2.24) is 19.9 Å². The maximum absolute atomic E-state index is 13.5. The summed E-state index contributed by atoms with van der Waals surface area (Å²) in [4.78, 5) is 23.1. The summed E-state index contributed by atoms with van der Waals surface area (Å²) in [5.74, 6) is 2.26. The number of carbonyl (C=O) groups is 1. The van der Waals surface area contributed by atoms with Crippen molar-refractivity contribution in [2.24, 2.45) is 0 Å². The van der Waals surface area contributed by atoms with Gasteiger partial charge in [0.15, 0.2) is 17.1 Å². The average Bonchev–Trinajstić information content (AvgIpc) is 3.51. The summed E-state index contributed by atoms with van der Waals surface area (Å²) in [6, 6.07) is 18.3. The summed E-state index contributed by atoms with van der Waals surface area (Å²) in [7, 11) is 3.13. The number of nitrogens with two attached hydrogens (primary N) is 1. The minimum atomic E-state index is -0.379. The van der Waals surface area contributed by atoms with E-state index < -0.39 is 0 Å². The Bertz CT molecular complexity index is 1680. The van der Waals surface area contributed by atoms with Crippen LogP contribution in [0.2, 0.25) is 0 Å². The Morgan fingerprint density at radius 2 is 1.78 bits per heavy atom. The van der Waals surface area contributed by atoms with E-state index in [9.17, 15) is 4.79 Å². The summed E-state index contributed by atoms with van der Waals surface area (Å²) in [5.41, 5.74) is 10.5. The van der Waals surface area contributed by atoms with Gasteiger partial charge in [0, 0.05) is 12.6 Å². The second-order valence-corrected chi connectivity index (χ2v) is 8.39. The number of nitrogens with one attached hydrogen (secondary N) is 1. The standard InChI is InChI=1S/C27H23N5O5/c1-34-16-8-9-19(21(12-16)35-2)32-25(28)23(24-26(32)31-18-6-4-3-5-17(18)30-24)27(33)29-13-15-7-10-20-22(11-15)37-14-36-20/h3-12H,13-14,28H2,1-2H3,(H,29,33). The lowest BCUT2D eigenvalue weighted by Crippen LogP contribution is -2.24. The van der Waals surface area contributed by atoms with Gasteiger partial charge in [-0.05, 0) is 42.0 Å². The van der Waals surface area contributed by atoms with E-state index in [-0.39, 0.29) is 30.6 Å². The van der Waals surface area contributed by atoms with Gasteiger partial charge in [-0.15, -0.1) is 0 Å². The number of nitrogen functional groups attached to an aromatic ring is 1. The van der Waals surface area contributed by atoms with Gasteiger partial charge in [0.1, 0.15) is 28.4 Å². The second kappa shape index (κ2) is 8.90. The molecule has 0 saturated heterocycles. The minimum absolute atomic E-state index is 0.183. The van der Waals surface area contributed by atoms with Crippen molar-refractivity contribution in [2.75, 3.05) is 26.7 Å². The van der Waals surface area contributed by atoms with Crippen LogP contribution in [0.15, 0.2) is 60.7 Å². The molecular weight excluding hydrogens is 474 g/mol. The molecule has 0 saturated carbocycles. The predicted molar refractivity (Wildman–Crippen MR) is 138 cm³/mol. The van der Waals surface area contributed by atoms with Crippen LogP contribution >= 0.6 is 0 Å². The van der Waals surface area contributed by atoms with E-state index in [4.69, 9.17) is 34.6 Å². The third-order valence-corrected chi connectivity index (χ3v) is 6.24. The number of amides is 1. The van der Waals surface area contributed by atoms with E-state index in [1.54, 1.807) is 37.0 Å². The van der Waals surface area contributed by atoms with Crippen LogP contribution in [0.3, 0.4) is 0 Å². The third kappa shape index (κ3) is 3.79. The van der Waals surface area contributed by atoms with Crippen LogP contribution in [0.5, 0.6) is 23.0 Å². The quantitative estimate of drug-likeness (QED) is 0.363. The zero-order valence-corrected chi connectivity index (χ0v) is 20.1. The van der Waals surface area contributed by atoms with E-state index in [0.29, 0.717) is 50.9 Å². The smallest absolute Gasteiger partial charge is 0.257 e. The van der Waals surface area contributed by atoms with E-state index in [2.05, 4.69) is 5.32 Å². The summed E-state index contributed by atoms with van der Waals surface area (Å²) < 4.78 is 23.4. The van der Waals surface area contributed by atoms with E-state index in [0.717, 1.165) is 5.56 Å². The molecule has 0 spiro atoms. The molecule has 186 valence electrons. The molecule has 0 unspecified atom stereocenters. The van der Waals surface area contributed by atoms with Gasteiger partial charge >= 0.3 is 0 Å². The predicted octanol–water partition coefficient (Wildman–Crippen LogP) is 3.83. The highest BCUT2D eigenvalue weighted by atomic mass is 16.7. The van der Waals surface area contributed by atoms with Crippen LogP contribution in [-0.4, -0.2) is 41.5 Å². The molecule has 0 aliphatic carbocycles. The summed E-state index contributed by atoms with van der Waals surface area (Å²) >= 11 is 0. The number of aromatic nitrogens is 3. The number of nitrogens with zero attached hydrogens (tertiary/aromatic N) is 3. The van der Waals surface area contributed by atoms with Crippen molar-refractivity contribution >= 4 is 33.9 Å². The Morgan fingerprint density at radius 3 is 2.57 bits per heavy atom. The minimum Gasteiger partial charge on any atom is -0.497 e. The zero-order chi connectivity index (χ0) is 25.5. The Kier molecular flexibility index (Phi) is 5.41. The van der Waals surface area contributed by atoms with Crippen LogP contribution in [0.4, 0.5) is 5.82 Å². The zero-order valence-electron chi connectivity index (χ0n) is 20.1. The molecule has 3 N–H and O–H groups in total. The van der Waals surface area contributed by atoms with E-state index >= 15 is 0 Å². The first-order chi connectivity index (χ1) is 18.1. The van der Waals surface area contributed by atoms with E-state index in [1.165, 1.54) is 0 Å². The van der Waals surface area contributed by atoms with Crippen molar-refractivity contribution < 1.29 is 23.7 Å². The van der Waals surface area contributed by atoms with Crippen LogP contribution in [0, 0.1) is 0 Å². The lowest BCUT2D eigenvalue weighted by atomic mass is 10.2. The first-order valence-corrected chi connectivity index (χ1v) is 11.5. The summed E-state index contributed by atoms with van der Waals surface area (Å²) in [6.07, 6.45) is 0. The second-order valence-electron chi connectivity index (χ2n) is 8.39. The van der Waals surface area contributed by atoms with Gasteiger partial charge in [-0.25, -0.2) is 9.97 Å². The van der Waals surface area contributed by atoms with Gasteiger partial charge in [0.2, 0.25) is 6.79 Å².